The Labute approximate surface area is 129 Å². The van der Waals surface area contributed by atoms with Gasteiger partial charge in [-0.2, -0.15) is 13.2 Å². The zero-order valence-electron chi connectivity index (χ0n) is 11.9. The van der Waals surface area contributed by atoms with Crippen molar-refractivity contribution in [3.05, 3.63) is 59.2 Å². The van der Waals surface area contributed by atoms with Crippen molar-refractivity contribution in [1.82, 2.24) is 9.97 Å². The molecule has 1 aromatic carbocycles. The molecular weight excluding hydrogens is 313 g/mol. The van der Waals surface area contributed by atoms with Crippen LogP contribution >= 0.6 is 0 Å². The summed E-state index contributed by atoms with van der Waals surface area (Å²) in [7, 11) is 0. The highest BCUT2D eigenvalue weighted by Crippen LogP contribution is 2.30. The van der Waals surface area contributed by atoms with E-state index in [0.29, 0.717) is 12.8 Å². The maximum absolute atomic E-state index is 12.8. The number of nitrogens with zero attached hydrogens (tertiary/aromatic N) is 2. The lowest BCUT2D eigenvalue weighted by atomic mass is 10.2. The van der Waals surface area contributed by atoms with Crippen LogP contribution in [0.5, 0.6) is 0 Å². The number of aromatic carboxylic acids is 1. The van der Waals surface area contributed by atoms with E-state index in [9.17, 15) is 18.0 Å². The minimum absolute atomic E-state index is 0.0514. The molecule has 23 heavy (non-hydrogen) atoms. The molecule has 0 spiro atoms. The SMILES string of the molecule is O=C(O)c1cnc(CCOCc2ccccc2)nc1C(F)(F)F. The molecule has 0 radical (unpaired) electrons. The molecular formula is C15H13F3N2O3. The maximum atomic E-state index is 12.8. The van der Waals surface area contributed by atoms with Gasteiger partial charge >= 0.3 is 12.1 Å². The van der Waals surface area contributed by atoms with E-state index in [1.54, 1.807) is 0 Å². The minimum atomic E-state index is -4.85. The molecule has 0 saturated heterocycles. The fourth-order valence-electron chi connectivity index (χ4n) is 1.84. The Morgan fingerprint density at radius 3 is 2.52 bits per heavy atom. The van der Waals surface area contributed by atoms with Crippen LogP contribution in [0.2, 0.25) is 0 Å². The van der Waals surface area contributed by atoms with Crippen LogP contribution in [0.25, 0.3) is 0 Å². The van der Waals surface area contributed by atoms with Crippen molar-refractivity contribution in [1.29, 1.82) is 0 Å². The third-order valence-corrected chi connectivity index (χ3v) is 2.92. The molecule has 5 nitrogen and oxygen atoms in total. The van der Waals surface area contributed by atoms with Gasteiger partial charge in [0.25, 0.3) is 0 Å². The summed E-state index contributed by atoms with van der Waals surface area (Å²) >= 11 is 0. The van der Waals surface area contributed by atoms with E-state index < -0.39 is 23.4 Å². The summed E-state index contributed by atoms with van der Waals surface area (Å²) in [5, 5.41) is 8.76. The van der Waals surface area contributed by atoms with Gasteiger partial charge in [-0.3, -0.25) is 0 Å². The molecule has 1 heterocycles. The number of alkyl halides is 3. The molecule has 0 aliphatic carbocycles. The number of carbonyl (C=O) groups is 1. The van der Waals surface area contributed by atoms with Gasteiger partial charge in [-0.05, 0) is 5.56 Å². The summed E-state index contributed by atoms with van der Waals surface area (Å²) in [6.07, 6.45) is -4.13. The molecule has 0 aliphatic rings. The largest absolute Gasteiger partial charge is 0.478 e. The van der Waals surface area contributed by atoms with Crippen molar-refractivity contribution in [2.24, 2.45) is 0 Å². The number of carboxylic acid groups (broad SMARTS) is 1. The standard InChI is InChI=1S/C15H13F3N2O3/c16-15(17,18)13-11(14(21)22)8-19-12(20-13)6-7-23-9-10-4-2-1-3-5-10/h1-5,8H,6-7,9H2,(H,21,22). The lowest BCUT2D eigenvalue weighted by Crippen LogP contribution is -2.18. The number of carboxylic acids is 1. The van der Waals surface area contributed by atoms with Crippen molar-refractivity contribution in [2.75, 3.05) is 6.61 Å². The molecule has 1 N–H and O–H groups in total. The monoisotopic (exact) mass is 326 g/mol. The van der Waals surface area contributed by atoms with Gasteiger partial charge < -0.3 is 9.84 Å². The predicted octanol–water partition coefficient (Wildman–Crippen LogP) is 2.95. The summed E-state index contributed by atoms with van der Waals surface area (Å²) in [6, 6.07) is 9.28. The normalized spacial score (nSPS) is 11.4. The van der Waals surface area contributed by atoms with Crippen molar-refractivity contribution < 1.29 is 27.8 Å². The third-order valence-electron chi connectivity index (χ3n) is 2.92. The summed E-state index contributed by atoms with van der Waals surface area (Å²) in [5.41, 5.74) is -1.48. The predicted molar refractivity (Wildman–Crippen MR) is 73.8 cm³/mol. The van der Waals surface area contributed by atoms with Crippen molar-refractivity contribution in [3.8, 4) is 0 Å². The topological polar surface area (TPSA) is 72.3 Å². The Bertz CT molecular complexity index is 675. The zero-order valence-corrected chi connectivity index (χ0v) is 11.9. The quantitative estimate of drug-likeness (QED) is 0.826. The maximum Gasteiger partial charge on any atom is 0.434 e. The van der Waals surface area contributed by atoms with E-state index in [-0.39, 0.29) is 18.9 Å². The van der Waals surface area contributed by atoms with E-state index in [0.717, 1.165) is 5.56 Å². The van der Waals surface area contributed by atoms with E-state index in [1.165, 1.54) is 0 Å². The summed E-state index contributed by atoms with van der Waals surface area (Å²) < 4.78 is 43.8. The van der Waals surface area contributed by atoms with Gasteiger partial charge in [0.05, 0.1) is 13.2 Å². The van der Waals surface area contributed by atoms with Gasteiger partial charge in [0.1, 0.15) is 11.4 Å². The van der Waals surface area contributed by atoms with Crippen molar-refractivity contribution >= 4 is 5.97 Å². The van der Waals surface area contributed by atoms with E-state index >= 15 is 0 Å². The number of ether oxygens (including phenoxy) is 1. The molecule has 0 aliphatic heterocycles. The first kappa shape index (κ1) is 16.9. The highest BCUT2D eigenvalue weighted by Gasteiger charge is 2.38. The first-order valence-corrected chi connectivity index (χ1v) is 6.66. The van der Waals surface area contributed by atoms with E-state index in [4.69, 9.17) is 9.84 Å². The highest BCUT2D eigenvalue weighted by atomic mass is 19.4. The molecule has 8 heteroatoms. The second-order valence-electron chi connectivity index (χ2n) is 4.64. The van der Waals surface area contributed by atoms with Gasteiger partial charge in [-0.15, -0.1) is 0 Å². The first-order chi connectivity index (χ1) is 10.9. The second-order valence-corrected chi connectivity index (χ2v) is 4.64. The Morgan fingerprint density at radius 2 is 1.91 bits per heavy atom. The van der Waals surface area contributed by atoms with Crippen LogP contribution in [-0.2, 0) is 23.9 Å². The lowest BCUT2D eigenvalue weighted by molar-refractivity contribution is -0.141. The molecule has 0 amide bonds. The fraction of sp³-hybridized carbons (Fsp3) is 0.267. The zero-order chi connectivity index (χ0) is 16.9. The Morgan fingerprint density at radius 1 is 1.22 bits per heavy atom. The summed E-state index contributed by atoms with van der Waals surface area (Å²) in [6.45, 7) is 0.443. The Balaban J connectivity index is 1.99. The van der Waals surface area contributed by atoms with Crippen LogP contribution in [0.4, 0.5) is 13.2 Å². The molecule has 2 aromatic rings. The number of hydrogen-bond donors (Lipinski definition) is 1. The van der Waals surface area contributed by atoms with Gasteiger partial charge in [0.2, 0.25) is 0 Å². The number of rotatable bonds is 6. The van der Waals surface area contributed by atoms with Gasteiger partial charge in [0.15, 0.2) is 5.69 Å². The number of benzene rings is 1. The summed E-state index contributed by atoms with van der Waals surface area (Å²) in [5.74, 6) is -1.83. The van der Waals surface area contributed by atoms with Gasteiger partial charge in [-0.25, -0.2) is 14.8 Å². The van der Waals surface area contributed by atoms with Crippen LogP contribution in [0, 0.1) is 0 Å². The van der Waals surface area contributed by atoms with Crippen LogP contribution in [0.15, 0.2) is 36.5 Å². The first-order valence-electron chi connectivity index (χ1n) is 6.66. The number of aromatic nitrogens is 2. The lowest BCUT2D eigenvalue weighted by Gasteiger charge is -2.10. The second kappa shape index (κ2) is 7.19. The molecule has 0 bridgehead atoms. The molecule has 0 fully saturated rings. The number of hydrogen-bond acceptors (Lipinski definition) is 4. The Kier molecular flexibility index (Phi) is 5.28. The van der Waals surface area contributed by atoms with Crippen LogP contribution < -0.4 is 0 Å². The highest BCUT2D eigenvalue weighted by molar-refractivity contribution is 5.88. The third kappa shape index (κ3) is 4.75. The van der Waals surface area contributed by atoms with Gasteiger partial charge in [-0.1, -0.05) is 30.3 Å². The van der Waals surface area contributed by atoms with E-state index in [1.807, 2.05) is 30.3 Å². The van der Waals surface area contributed by atoms with Crippen LogP contribution in [0.3, 0.4) is 0 Å². The molecule has 122 valence electrons. The fourth-order valence-corrected chi connectivity index (χ4v) is 1.84. The van der Waals surface area contributed by atoms with Gasteiger partial charge in [0, 0.05) is 12.6 Å². The Hall–Kier alpha value is -2.48. The molecule has 0 saturated carbocycles. The van der Waals surface area contributed by atoms with Crippen LogP contribution in [-0.4, -0.2) is 27.7 Å². The smallest absolute Gasteiger partial charge is 0.434 e. The summed E-state index contributed by atoms with van der Waals surface area (Å²) in [4.78, 5) is 17.8. The molecule has 0 unspecified atom stereocenters. The molecule has 0 atom stereocenters. The van der Waals surface area contributed by atoms with Crippen LogP contribution in [0.1, 0.15) is 27.4 Å². The molecule has 2 rings (SSSR count). The average molecular weight is 326 g/mol. The molecule has 1 aromatic heterocycles. The number of halogens is 3. The van der Waals surface area contributed by atoms with E-state index in [2.05, 4.69) is 9.97 Å². The minimum Gasteiger partial charge on any atom is -0.478 e. The van der Waals surface area contributed by atoms with Crippen molar-refractivity contribution in [2.45, 2.75) is 19.2 Å². The van der Waals surface area contributed by atoms with Crippen molar-refractivity contribution in [3.63, 3.8) is 0 Å². The average Bonchev–Trinajstić information content (AvgIpc) is 2.51.